The standard InChI is InChI=1S/C37H59N15O6.ClH/c1-4-20-56-22-24-58-25-23-57-21-10-39-35-40-36(49-15-11-47(12-16-49)32(54)28-51-26-30(43-45-51)7-5-6-9-38)42-37(41-35)50-17-13-48(14-18-50)34(55)33(29(2)3)52-27-31(8-19-53)44-46-52;/h1,26-27,29,33,53H,5-25,28,38H2,2-3H3,(H,39,40,41,42);1H. The van der Waals surface area contributed by atoms with Crippen molar-refractivity contribution < 1.29 is 47.0 Å². The van der Waals surface area contributed by atoms with Gasteiger partial charge in [-0.1, -0.05) is 30.2 Å². The number of nitrogens with zero attached hydrogens (tertiary/aromatic N) is 13. The number of aliphatic hydroxyl groups is 1. The van der Waals surface area contributed by atoms with Gasteiger partial charge in [0.15, 0.2) is 0 Å². The number of aliphatic hydroxyl groups excluding tert-OH is 1. The Kier molecular flexibility index (Phi) is 19.9. The number of anilines is 3. The van der Waals surface area contributed by atoms with Gasteiger partial charge >= 0.3 is 0 Å². The van der Waals surface area contributed by atoms with E-state index in [4.69, 9.17) is 35.6 Å². The summed E-state index contributed by atoms with van der Waals surface area (Å²) in [5, 5.41) is 29.3. The maximum Gasteiger partial charge on any atom is 0.247 e. The van der Waals surface area contributed by atoms with Crippen molar-refractivity contribution in [3.8, 4) is 12.3 Å². The zero-order chi connectivity index (χ0) is 41.1. The summed E-state index contributed by atoms with van der Waals surface area (Å²) in [5.74, 6) is 3.77. The summed E-state index contributed by atoms with van der Waals surface area (Å²) in [6.07, 6.45) is 12.0. The van der Waals surface area contributed by atoms with Crippen molar-refractivity contribution in [2.45, 2.75) is 52.1 Å². The van der Waals surface area contributed by atoms with Crippen molar-refractivity contribution >= 4 is 29.7 Å². The number of unbranched alkanes of at least 4 members (excludes halogenated alkanes) is 1. The van der Waals surface area contributed by atoms with E-state index >= 15 is 0 Å². The number of aryl methyl sites for hydroxylation is 1. The van der Waals surface area contributed by atoms with Gasteiger partial charge < -0.3 is 62.4 Å². The van der Waals surface area contributed by atoms with Crippen LogP contribution in [0.1, 0.15) is 44.1 Å². The number of halogens is 1. The topological polar surface area (TPSA) is 235 Å². The van der Waals surface area contributed by atoms with Gasteiger partial charge in [-0.15, -0.1) is 16.6 Å². The lowest BCUT2D eigenvalue weighted by Gasteiger charge is -2.38. The summed E-state index contributed by atoms with van der Waals surface area (Å²) in [4.78, 5) is 49.3. The maximum absolute atomic E-state index is 13.8. The molecule has 2 saturated heterocycles. The second kappa shape index (κ2) is 25.0. The lowest BCUT2D eigenvalue weighted by molar-refractivity contribution is -0.368. The Labute approximate surface area is 351 Å². The fourth-order valence-electron chi connectivity index (χ4n) is 6.63. The van der Waals surface area contributed by atoms with E-state index in [9.17, 15) is 14.7 Å². The zero-order valence-corrected chi connectivity index (χ0v) is 35.1. The maximum atomic E-state index is 13.8. The Balaban J connectivity index is 0.00000769. The van der Waals surface area contributed by atoms with Crippen molar-refractivity contribution in [2.75, 3.05) is 127 Å². The molecule has 3 aromatic rings. The van der Waals surface area contributed by atoms with Crippen LogP contribution in [0.3, 0.4) is 0 Å². The van der Waals surface area contributed by atoms with Crippen LogP contribution in [0.2, 0.25) is 0 Å². The lowest BCUT2D eigenvalue weighted by Crippen LogP contribution is -3.00. The molecule has 0 bridgehead atoms. The number of piperazine rings is 2. The van der Waals surface area contributed by atoms with Crippen LogP contribution in [0, 0.1) is 18.3 Å². The number of carbonyl (C=O) groups is 2. The van der Waals surface area contributed by atoms with Gasteiger partial charge in [-0.05, 0) is 25.2 Å². The number of rotatable bonds is 24. The number of terminal acetylenes is 1. The molecule has 0 aliphatic carbocycles. The van der Waals surface area contributed by atoms with Crippen molar-refractivity contribution in [3.63, 3.8) is 0 Å². The molecule has 2 aliphatic heterocycles. The third kappa shape index (κ3) is 14.5. The third-order valence-electron chi connectivity index (χ3n) is 9.77. The highest BCUT2D eigenvalue weighted by Gasteiger charge is 2.33. The molecule has 1 unspecified atom stereocenters. The average molecular weight is 846 g/mol. The summed E-state index contributed by atoms with van der Waals surface area (Å²) in [7, 11) is 0. The first-order valence-electron chi connectivity index (χ1n) is 20.2. The van der Waals surface area contributed by atoms with Crippen LogP contribution in [0.25, 0.3) is 0 Å². The van der Waals surface area contributed by atoms with E-state index in [0.717, 1.165) is 31.5 Å². The van der Waals surface area contributed by atoms with Gasteiger partial charge in [-0.25, -0.2) is 9.36 Å². The number of amides is 2. The third-order valence-corrected chi connectivity index (χ3v) is 9.77. The predicted octanol–water partition coefficient (Wildman–Crippen LogP) is -4.85. The first-order chi connectivity index (χ1) is 28.3. The summed E-state index contributed by atoms with van der Waals surface area (Å²) in [6.45, 7) is 11.9. The highest BCUT2D eigenvalue weighted by atomic mass is 35.5. The van der Waals surface area contributed by atoms with E-state index < -0.39 is 6.04 Å². The predicted molar refractivity (Wildman–Crippen MR) is 213 cm³/mol. The summed E-state index contributed by atoms with van der Waals surface area (Å²) in [6, 6.07) is -0.513. The molecule has 0 aromatic carbocycles. The van der Waals surface area contributed by atoms with Crippen molar-refractivity contribution in [3.05, 3.63) is 23.8 Å². The number of quaternary nitrogens is 1. The molecule has 2 fully saturated rings. The number of aromatic nitrogens is 9. The van der Waals surface area contributed by atoms with Gasteiger partial charge in [0.2, 0.25) is 29.7 Å². The summed E-state index contributed by atoms with van der Waals surface area (Å²) >= 11 is 0. The molecule has 326 valence electrons. The van der Waals surface area contributed by atoms with Crippen LogP contribution in [0.5, 0.6) is 0 Å². The number of nitrogens with one attached hydrogen (secondary N) is 1. The number of carbonyl (C=O) groups excluding carboxylic acids is 2. The van der Waals surface area contributed by atoms with Gasteiger partial charge in [0.05, 0.1) is 51.0 Å². The largest absolute Gasteiger partial charge is 1.00 e. The molecular formula is C37H60ClN15O6. The van der Waals surface area contributed by atoms with Gasteiger partial charge in [0, 0.05) is 84.3 Å². The highest BCUT2D eigenvalue weighted by Crippen LogP contribution is 2.24. The van der Waals surface area contributed by atoms with E-state index in [1.165, 1.54) is 0 Å². The number of ether oxygens (including phenoxy) is 3. The molecule has 5 N–H and O–H groups in total. The Morgan fingerprint density at radius 3 is 2.07 bits per heavy atom. The first-order valence-corrected chi connectivity index (χ1v) is 20.2. The van der Waals surface area contributed by atoms with Crippen LogP contribution in [-0.4, -0.2) is 183 Å². The smallest absolute Gasteiger partial charge is 0.247 e. The van der Waals surface area contributed by atoms with Crippen LogP contribution in [0.15, 0.2) is 12.4 Å². The normalized spacial score (nSPS) is 15.0. The highest BCUT2D eigenvalue weighted by molar-refractivity contribution is 5.81. The molecule has 21 nitrogen and oxygen atoms in total. The summed E-state index contributed by atoms with van der Waals surface area (Å²) in [5.41, 5.74) is 5.41. The van der Waals surface area contributed by atoms with E-state index in [1.807, 2.05) is 29.8 Å². The molecule has 3 aromatic heterocycles. The molecule has 22 heteroatoms. The molecule has 59 heavy (non-hydrogen) atoms. The number of hydrogen-bond donors (Lipinski definition) is 3. The van der Waals surface area contributed by atoms with E-state index in [-0.39, 0.29) is 49.9 Å². The quantitative estimate of drug-likeness (QED) is 0.0567. The van der Waals surface area contributed by atoms with Gasteiger partial charge in [0.25, 0.3) is 0 Å². The minimum absolute atomic E-state index is 0. The molecule has 2 aliphatic rings. The van der Waals surface area contributed by atoms with E-state index in [0.29, 0.717) is 122 Å². The van der Waals surface area contributed by atoms with Crippen molar-refractivity contribution in [2.24, 2.45) is 5.92 Å². The van der Waals surface area contributed by atoms with Crippen LogP contribution >= 0.6 is 0 Å². The Morgan fingerprint density at radius 2 is 1.44 bits per heavy atom. The second-order valence-electron chi connectivity index (χ2n) is 14.4. The van der Waals surface area contributed by atoms with Crippen LogP contribution < -0.4 is 33.3 Å². The average Bonchev–Trinajstić information content (AvgIpc) is 3.89. The minimum Gasteiger partial charge on any atom is -1.00 e. The Morgan fingerprint density at radius 1 is 0.831 bits per heavy atom. The van der Waals surface area contributed by atoms with Gasteiger partial charge in [0.1, 0.15) is 19.2 Å². The molecule has 2 amide bonds. The molecule has 0 saturated carbocycles. The fourth-order valence-corrected chi connectivity index (χ4v) is 6.63. The second-order valence-corrected chi connectivity index (χ2v) is 14.4. The van der Waals surface area contributed by atoms with Crippen LogP contribution in [0.4, 0.5) is 17.8 Å². The van der Waals surface area contributed by atoms with Gasteiger partial charge in [-0.2, -0.15) is 15.0 Å². The summed E-state index contributed by atoms with van der Waals surface area (Å²) < 4.78 is 19.7. The molecule has 1 atom stereocenters. The fraction of sp³-hybridized carbons (Fsp3) is 0.703. The molecule has 0 spiro atoms. The Hall–Kier alpha value is -4.72. The van der Waals surface area contributed by atoms with Crippen molar-refractivity contribution in [1.29, 1.82) is 0 Å². The lowest BCUT2D eigenvalue weighted by atomic mass is 10.0. The van der Waals surface area contributed by atoms with Crippen LogP contribution in [-0.2, 0) is 43.2 Å². The SMILES string of the molecule is C#CCOCCOCCOCCNc1nc(N2CCN(C(=O)Cn3cc(CCCC[NH3+])nn3)CC2)nc(N2CCN(C(=O)C(C(C)C)n3cc(CCO)nn3)CC2)n1.[Cl-]. The van der Waals surface area contributed by atoms with Crippen molar-refractivity contribution in [1.82, 2.24) is 54.7 Å². The first kappa shape index (κ1) is 47.0. The minimum atomic E-state index is -0.513. The molecular weight excluding hydrogens is 786 g/mol. The monoisotopic (exact) mass is 845 g/mol. The van der Waals surface area contributed by atoms with E-state index in [1.54, 1.807) is 15.6 Å². The molecule has 5 heterocycles. The number of hydrogen-bond acceptors (Lipinski definition) is 16. The Bertz CT molecular complexity index is 1740. The molecule has 5 rings (SSSR count). The zero-order valence-electron chi connectivity index (χ0n) is 34.3. The molecule has 0 radical (unpaired) electrons. The van der Waals surface area contributed by atoms with E-state index in [2.05, 4.69) is 47.4 Å². The van der Waals surface area contributed by atoms with Gasteiger partial charge in [-0.3, -0.25) is 9.59 Å².